The summed E-state index contributed by atoms with van der Waals surface area (Å²) in [6.45, 7) is 4.13. The van der Waals surface area contributed by atoms with Crippen LogP contribution in [-0.2, 0) is 4.79 Å². The highest BCUT2D eigenvalue weighted by atomic mass is 32.2. The largest absolute Gasteiger partial charge is 0.302 e. The molecule has 2 aromatic carbocycles. The molecule has 24 heavy (non-hydrogen) atoms. The first-order valence-electron chi connectivity index (χ1n) is 7.98. The second-order valence-corrected chi connectivity index (χ2v) is 7.88. The van der Waals surface area contributed by atoms with Gasteiger partial charge in [-0.25, -0.2) is 4.98 Å². The maximum absolute atomic E-state index is 12.1. The molecule has 0 unspecified atom stereocenters. The summed E-state index contributed by atoms with van der Waals surface area (Å²) < 4.78 is 1.16. The van der Waals surface area contributed by atoms with Gasteiger partial charge in [0.25, 0.3) is 0 Å². The van der Waals surface area contributed by atoms with Gasteiger partial charge in [0.1, 0.15) is 0 Å². The number of aromatic nitrogens is 1. The van der Waals surface area contributed by atoms with Crippen LogP contribution in [0.15, 0.2) is 47.4 Å². The van der Waals surface area contributed by atoms with Crippen molar-refractivity contribution in [3.05, 3.63) is 53.6 Å². The molecule has 0 atom stereocenters. The maximum Gasteiger partial charge on any atom is 0.226 e. The number of hydrogen-bond acceptors (Lipinski definition) is 4. The Morgan fingerprint density at radius 1 is 1.12 bits per heavy atom. The minimum absolute atomic E-state index is 0.0398. The number of thioether (sulfide) groups is 1. The van der Waals surface area contributed by atoms with Crippen LogP contribution in [0.25, 0.3) is 10.2 Å². The molecule has 0 spiro atoms. The Balaban J connectivity index is 1.52. The fourth-order valence-electron chi connectivity index (χ4n) is 2.43. The predicted octanol–water partition coefficient (Wildman–Crippen LogP) is 5.42. The van der Waals surface area contributed by atoms with Crippen LogP contribution in [0.2, 0.25) is 0 Å². The third-order valence-corrected chi connectivity index (χ3v) is 5.95. The van der Waals surface area contributed by atoms with E-state index in [1.807, 2.05) is 25.1 Å². The van der Waals surface area contributed by atoms with Crippen LogP contribution in [0.4, 0.5) is 5.13 Å². The van der Waals surface area contributed by atoms with E-state index in [1.165, 1.54) is 10.5 Å². The summed E-state index contributed by atoms with van der Waals surface area (Å²) in [6, 6.07) is 14.4. The molecule has 5 heteroatoms. The molecule has 1 amide bonds. The molecule has 0 radical (unpaired) electrons. The summed E-state index contributed by atoms with van der Waals surface area (Å²) in [5.74, 6) is 0.980. The SMILES string of the molecule is Cc1ccc(C)c2sc(NC(=O)CCCSc3ccccc3)nc12. The smallest absolute Gasteiger partial charge is 0.226 e. The second kappa shape index (κ2) is 7.81. The molecule has 1 heterocycles. The number of fused-ring (bicyclic) bond motifs is 1. The number of nitrogens with zero attached hydrogens (tertiary/aromatic N) is 1. The van der Waals surface area contributed by atoms with Gasteiger partial charge in [0, 0.05) is 11.3 Å². The lowest BCUT2D eigenvalue weighted by Crippen LogP contribution is -2.11. The number of anilines is 1. The Kier molecular flexibility index (Phi) is 5.53. The zero-order valence-corrected chi connectivity index (χ0v) is 15.5. The Labute approximate surface area is 150 Å². The van der Waals surface area contributed by atoms with Crippen molar-refractivity contribution in [2.45, 2.75) is 31.6 Å². The minimum Gasteiger partial charge on any atom is -0.302 e. The first-order chi connectivity index (χ1) is 11.6. The Hall–Kier alpha value is -1.85. The number of carbonyl (C=O) groups is 1. The average Bonchev–Trinajstić information content (AvgIpc) is 3.01. The molecule has 0 saturated carbocycles. The van der Waals surface area contributed by atoms with Gasteiger partial charge in [-0.15, -0.1) is 11.8 Å². The van der Waals surface area contributed by atoms with E-state index >= 15 is 0 Å². The number of thiazole rings is 1. The molecule has 1 N–H and O–H groups in total. The number of nitrogens with one attached hydrogen (secondary N) is 1. The Bertz CT molecular complexity index is 804. The molecule has 3 nitrogen and oxygen atoms in total. The third-order valence-electron chi connectivity index (χ3n) is 3.75. The van der Waals surface area contributed by atoms with Crippen LogP contribution in [0.5, 0.6) is 0 Å². The molecule has 0 aliphatic carbocycles. The van der Waals surface area contributed by atoms with Crippen LogP contribution >= 0.6 is 23.1 Å². The highest BCUT2D eigenvalue weighted by Crippen LogP contribution is 2.31. The normalized spacial score (nSPS) is 10.9. The number of amides is 1. The van der Waals surface area contributed by atoms with E-state index in [2.05, 4.69) is 41.5 Å². The van der Waals surface area contributed by atoms with E-state index in [0.29, 0.717) is 11.6 Å². The molecule has 3 rings (SSSR count). The number of carbonyl (C=O) groups excluding carboxylic acids is 1. The van der Waals surface area contributed by atoms with Crippen LogP contribution < -0.4 is 5.32 Å². The summed E-state index contributed by atoms with van der Waals surface area (Å²) in [7, 11) is 0. The van der Waals surface area contributed by atoms with Crippen LogP contribution in [-0.4, -0.2) is 16.6 Å². The van der Waals surface area contributed by atoms with Crippen molar-refractivity contribution in [2.24, 2.45) is 0 Å². The van der Waals surface area contributed by atoms with Crippen molar-refractivity contribution >= 4 is 44.4 Å². The highest BCUT2D eigenvalue weighted by Gasteiger charge is 2.10. The van der Waals surface area contributed by atoms with Crippen molar-refractivity contribution < 1.29 is 4.79 Å². The van der Waals surface area contributed by atoms with Crippen LogP contribution in [0.1, 0.15) is 24.0 Å². The van der Waals surface area contributed by atoms with Gasteiger partial charge in [-0.1, -0.05) is 41.7 Å². The predicted molar refractivity (Wildman–Crippen MR) is 104 cm³/mol. The van der Waals surface area contributed by atoms with Crippen LogP contribution in [0, 0.1) is 13.8 Å². The standard InChI is InChI=1S/C19H20N2OS2/c1-13-10-11-14(2)18-17(13)21-19(24-18)20-16(22)9-6-12-23-15-7-4-3-5-8-15/h3-5,7-8,10-11H,6,9,12H2,1-2H3,(H,20,21,22). The molecule has 1 aromatic heterocycles. The molecule has 3 aromatic rings. The molecule has 0 saturated heterocycles. The molecule has 0 aliphatic rings. The van der Waals surface area contributed by atoms with E-state index in [-0.39, 0.29) is 5.91 Å². The zero-order chi connectivity index (χ0) is 16.9. The third kappa shape index (κ3) is 4.16. The fraction of sp³-hybridized carbons (Fsp3) is 0.263. The van der Waals surface area contributed by atoms with Gasteiger partial charge in [-0.3, -0.25) is 4.79 Å². The zero-order valence-electron chi connectivity index (χ0n) is 13.8. The number of hydrogen-bond donors (Lipinski definition) is 1. The summed E-state index contributed by atoms with van der Waals surface area (Å²) in [5.41, 5.74) is 3.34. The minimum atomic E-state index is 0.0398. The van der Waals surface area contributed by atoms with E-state index in [0.717, 1.165) is 28.0 Å². The summed E-state index contributed by atoms with van der Waals surface area (Å²) in [5, 5.41) is 3.64. The van der Waals surface area contributed by atoms with Crippen LogP contribution in [0.3, 0.4) is 0 Å². The van der Waals surface area contributed by atoms with Gasteiger partial charge in [0.15, 0.2) is 5.13 Å². The summed E-state index contributed by atoms with van der Waals surface area (Å²) >= 11 is 3.34. The molecule has 0 bridgehead atoms. The topological polar surface area (TPSA) is 42.0 Å². The molecule has 0 fully saturated rings. The van der Waals surface area contributed by atoms with Gasteiger partial charge in [0.2, 0.25) is 5.91 Å². The number of benzene rings is 2. The summed E-state index contributed by atoms with van der Waals surface area (Å²) in [4.78, 5) is 17.9. The highest BCUT2D eigenvalue weighted by molar-refractivity contribution is 7.99. The monoisotopic (exact) mass is 356 g/mol. The van der Waals surface area contributed by atoms with Gasteiger partial charge >= 0.3 is 0 Å². The van der Waals surface area contributed by atoms with E-state index in [9.17, 15) is 4.79 Å². The van der Waals surface area contributed by atoms with Crippen molar-refractivity contribution in [2.75, 3.05) is 11.1 Å². The van der Waals surface area contributed by atoms with Gasteiger partial charge in [-0.2, -0.15) is 0 Å². The first-order valence-corrected chi connectivity index (χ1v) is 9.78. The van der Waals surface area contributed by atoms with Gasteiger partial charge < -0.3 is 5.32 Å². The second-order valence-electron chi connectivity index (χ2n) is 5.71. The van der Waals surface area contributed by atoms with E-state index in [4.69, 9.17) is 0 Å². The van der Waals surface area contributed by atoms with E-state index < -0.39 is 0 Å². The van der Waals surface area contributed by atoms with Crippen molar-refractivity contribution in [3.63, 3.8) is 0 Å². The number of aryl methyl sites for hydroxylation is 2. The lowest BCUT2D eigenvalue weighted by molar-refractivity contribution is -0.116. The molecular weight excluding hydrogens is 336 g/mol. The average molecular weight is 357 g/mol. The lowest BCUT2D eigenvalue weighted by atomic mass is 10.1. The van der Waals surface area contributed by atoms with Crippen molar-refractivity contribution in [1.82, 2.24) is 4.98 Å². The van der Waals surface area contributed by atoms with E-state index in [1.54, 1.807) is 23.1 Å². The molecular formula is C19H20N2OS2. The maximum atomic E-state index is 12.1. The Morgan fingerprint density at radius 2 is 1.88 bits per heavy atom. The summed E-state index contributed by atoms with van der Waals surface area (Å²) in [6.07, 6.45) is 1.38. The molecule has 0 aliphatic heterocycles. The van der Waals surface area contributed by atoms with Gasteiger partial charge in [0.05, 0.1) is 10.2 Å². The van der Waals surface area contributed by atoms with Gasteiger partial charge in [-0.05, 0) is 49.3 Å². The number of rotatable bonds is 6. The van der Waals surface area contributed by atoms with Crippen molar-refractivity contribution in [3.8, 4) is 0 Å². The van der Waals surface area contributed by atoms with Crippen molar-refractivity contribution in [1.29, 1.82) is 0 Å². The first kappa shape index (κ1) is 17.0. The Morgan fingerprint density at radius 3 is 2.62 bits per heavy atom. The molecule has 124 valence electrons. The lowest BCUT2D eigenvalue weighted by Gasteiger charge is -2.02. The fourth-order valence-corrected chi connectivity index (χ4v) is 4.34. The quantitative estimate of drug-likeness (QED) is 0.473.